The molecule has 0 saturated carbocycles. The summed E-state index contributed by atoms with van der Waals surface area (Å²) in [5.41, 5.74) is 8.50. The largest absolute Gasteiger partial charge is 0.491 e. The number of aliphatic hydroxyl groups excluding tert-OH is 1. The van der Waals surface area contributed by atoms with Crippen LogP contribution in [0, 0.1) is 17.8 Å². The minimum atomic E-state index is -2.01. The summed E-state index contributed by atoms with van der Waals surface area (Å²) in [6.07, 6.45) is -1.88. The van der Waals surface area contributed by atoms with Crippen LogP contribution in [0.15, 0.2) is 133 Å². The number of cyclic esters (lactones) is 1. The van der Waals surface area contributed by atoms with Crippen LogP contribution in [-0.4, -0.2) is 92.0 Å². The predicted molar refractivity (Wildman–Crippen MR) is 233 cm³/mol. The molecule has 1 spiro atoms. The van der Waals surface area contributed by atoms with Gasteiger partial charge in [0, 0.05) is 19.2 Å². The number of methoxy groups -OCH3 is 1. The monoisotopic (exact) mass is 848 g/mol. The molecule has 3 aliphatic rings. The summed E-state index contributed by atoms with van der Waals surface area (Å²) in [4.78, 5) is 64.3. The summed E-state index contributed by atoms with van der Waals surface area (Å²) in [5.74, 6) is 2.88. The highest BCUT2D eigenvalue weighted by atomic mass is 16.6. The number of imide groups is 1. The van der Waals surface area contributed by atoms with Gasteiger partial charge in [-0.1, -0.05) is 115 Å². The summed E-state index contributed by atoms with van der Waals surface area (Å²) in [6.45, 7) is 0.826. The van der Waals surface area contributed by atoms with Gasteiger partial charge in [-0.25, -0.2) is 9.69 Å². The van der Waals surface area contributed by atoms with Gasteiger partial charge in [-0.2, -0.15) is 0 Å². The molecule has 322 valence electrons. The fourth-order valence-corrected chi connectivity index (χ4v) is 9.41. The molecule has 3 amide bonds. The third-order valence-corrected chi connectivity index (χ3v) is 11.9. The van der Waals surface area contributed by atoms with Crippen molar-refractivity contribution in [3.8, 4) is 17.6 Å². The van der Waals surface area contributed by atoms with Gasteiger partial charge in [0.1, 0.15) is 36.5 Å². The van der Waals surface area contributed by atoms with Crippen LogP contribution in [0.3, 0.4) is 0 Å². The van der Waals surface area contributed by atoms with Gasteiger partial charge in [0.05, 0.1) is 43.4 Å². The van der Waals surface area contributed by atoms with Crippen molar-refractivity contribution in [2.75, 3.05) is 52.0 Å². The Kier molecular flexibility index (Phi) is 12.7. The normalized spacial score (nSPS) is 22.5. The van der Waals surface area contributed by atoms with E-state index in [1.807, 2.05) is 103 Å². The van der Waals surface area contributed by atoms with E-state index in [-0.39, 0.29) is 37.7 Å². The first kappa shape index (κ1) is 42.9. The maximum atomic E-state index is 15.9. The summed E-state index contributed by atoms with van der Waals surface area (Å²) in [7, 11) is 3.43. The Hall–Kier alpha value is -6.82. The first-order valence-electron chi connectivity index (χ1n) is 20.8. The van der Waals surface area contributed by atoms with Crippen LogP contribution in [0.4, 0.5) is 10.5 Å². The number of carbonyl (C=O) groups excluding carboxylic acids is 4. The molecule has 3 N–H and O–H groups in total. The van der Waals surface area contributed by atoms with E-state index in [1.54, 1.807) is 42.5 Å². The number of nitrogens with zero attached hydrogens (tertiary/aromatic N) is 3. The molecule has 5 aromatic carbocycles. The lowest BCUT2D eigenvalue weighted by molar-refractivity contribution is -0.178. The number of hydrogen-bond acceptors (Lipinski definition) is 11. The van der Waals surface area contributed by atoms with Crippen LogP contribution >= 0.6 is 0 Å². The standard InChI is InChI=1S/C50H48N4O9/c1-52(32-34-13-6-3-7-14-34)26-12-15-33-20-25-40-39(31-33)50(48(58)53(40)49(59)62-30-29-60-2)41(46(51)56)43-47(57)63-44(36-18-10-5-11-19-36)42(35-16-8-4-9-17-35)54(43)45(50)37-21-23-38(24-22-37)61-28-27-55/h3-11,13-14,16-25,31,41-45,55H,26-30,32H2,1-2H3,(H2,51,56). The first-order chi connectivity index (χ1) is 30.7. The fraction of sp³-hybridized carbons (Fsp3) is 0.280. The number of morpholine rings is 1. The average molecular weight is 849 g/mol. The number of benzene rings is 5. The van der Waals surface area contributed by atoms with Crippen molar-refractivity contribution in [1.29, 1.82) is 0 Å². The number of esters is 1. The third kappa shape index (κ3) is 8.06. The Labute approximate surface area is 365 Å². The number of anilines is 1. The van der Waals surface area contributed by atoms with Crippen LogP contribution in [0.1, 0.15) is 51.6 Å². The van der Waals surface area contributed by atoms with Crippen molar-refractivity contribution in [2.45, 2.75) is 36.2 Å². The number of ether oxygens (including phenoxy) is 4. The Morgan fingerprint density at radius 2 is 1.49 bits per heavy atom. The minimum absolute atomic E-state index is 0.0448. The van der Waals surface area contributed by atoms with Crippen LogP contribution in [0.5, 0.6) is 5.75 Å². The Balaban J connectivity index is 1.35. The van der Waals surface area contributed by atoms with E-state index in [9.17, 15) is 19.5 Å². The van der Waals surface area contributed by atoms with E-state index in [0.717, 1.165) is 16.0 Å². The number of fused-ring (bicyclic) bond motifs is 3. The molecule has 6 unspecified atom stereocenters. The molecule has 3 heterocycles. The molecule has 2 saturated heterocycles. The van der Waals surface area contributed by atoms with Crippen molar-refractivity contribution < 1.29 is 43.2 Å². The van der Waals surface area contributed by atoms with Crippen molar-refractivity contribution in [2.24, 2.45) is 11.7 Å². The van der Waals surface area contributed by atoms with E-state index >= 15 is 4.79 Å². The third-order valence-electron chi connectivity index (χ3n) is 11.9. The first-order valence-corrected chi connectivity index (χ1v) is 20.8. The molecule has 13 nitrogen and oxygen atoms in total. The number of primary amides is 1. The molecular formula is C50H48N4O9. The number of rotatable bonds is 13. The molecule has 8 rings (SSSR count). The van der Waals surface area contributed by atoms with E-state index in [2.05, 4.69) is 16.7 Å². The van der Waals surface area contributed by atoms with Crippen molar-refractivity contribution in [3.05, 3.63) is 167 Å². The SMILES string of the molecule is COCCOC(=O)N1C(=O)C2(c3cc(C#CCN(C)Cc4ccccc4)ccc31)C(C(N)=O)C1C(=O)OC(c3ccccc3)C(c3ccccc3)N1C2c1ccc(OCCO)cc1. The molecule has 5 aromatic rings. The second kappa shape index (κ2) is 18.7. The highest BCUT2D eigenvalue weighted by Crippen LogP contribution is 2.65. The summed E-state index contributed by atoms with van der Waals surface area (Å²) >= 11 is 0. The van der Waals surface area contributed by atoms with Gasteiger partial charge in [0.2, 0.25) is 11.8 Å². The van der Waals surface area contributed by atoms with Gasteiger partial charge in [-0.15, -0.1) is 0 Å². The maximum Gasteiger partial charge on any atom is 0.421 e. The van der Waals surface area contributed by atoms with Gasteiger partial charge in [0.25, 0.3) is 0 Å². The number of carbonyl (C=O) groups is 4. The number of hydrogen-bond donors (Lipinski definition) is 2. The van der Waals surface area contributed by atoms with Crippen molar-refractivity contribution in [1.82, 2.24) is 9.80 Å². The average Bonchev–Trinajstić information content (AvgIpc) is 3.76. The van der Waals surface area contributed by atoms with Crippen molar-refractivity contribution >= 4 is 29.6 Å². The second-order valence-corrected chi connectivity index (χ2v) is 15.7. The van der Waals surface area contributed by atoms with Crippen LogP contribution in [-0.2, 0) is 40.6 Å². The van der Waals surface area contributed by atoms with Crippen LogP contribution in [0.2, 0.25) is 0 Å². The topological polar surface area (TPSA) is 161 Å². The van der Waals surface area contributed by atoms with Gasteiger partial charge >= 0.3 is 12.1 Å². The Morgan fingerprint density at radius 3 is 2.14 bits per heavy atom. The number of aliphatic hydroxyl groups is 1. The molecule has 0 bridgehead atoms. The second-order valence-electron chi connectivity index (χ2n) is 15.7. The summed E-state index contributed by atoms with van der Waals surface area (Å²) in [6, 6.07) is 37.4. The van der Waals surface area contributed by atoms with Gasteiger partial charge < -0.3 is 29.8 Å². The smallest absolute Gasteiger partial charge is 0.421 e. The van der Waals surface area contributed by atoms with Gasteiger partial charge in [-0.3, -0.25) is 24.2 Å². The molecular weight excluding hydrogens is 801 g/mol. The zero-order valence-corrected chi connectivity index (χ0v) is 35.0. The molecule has 13 heteroatoms. The van der Waals surface area contributed by atoms with Crippen LogP contribution in [0.25, 0.3) is 0 Å². The van der Waals surface area contributed by atoms with E-state index < -0.39 is 59.4 Å². The quantitative estimate of drug-likeness (QED) is 0.0878. The highest BCUT2D eigenvalue weighted by Gasteiger charge is 2.75. The van der Waals surface area contributed by atoms with E-state index in [1.165, 1.54) is 7.11 Å². The van der Waals surface area contributed by atoms with Gasteiger partial charge in [0.15, 0.2) is 0 Å². The van der Waals surface area contributed by atoms with E-state index in [4.69, 9.17) is 24.7 Å². The molecule has 6 atom stereocenters. The zero-order valence-electron chi connectivity index (χ0n) is 35.0. The Bertz CT molecular complexity index is 2510. The lowest BCUT2D eigenvalue weighted by Gasteiger charge is -2.46. The van der Waals surface area contributed by atoms with Crippen LogP contribution < -0.4 is 15.4 Å². The highest BCUT2D eigenvalue weighted by molar-refractivity contribution is 6.23. The molecule has 0 aromatic heterocycles. The lowest BCUT2D eigenvalue weighted by Crippen LogP contribution is -2.55. The number of nitrogens with two attached hydrogens (primary N) is 1. The predicted octanol–water partition coefficient (Wildman–Crippen LogP) is 5.48. The summed E-state index contributed by atoms with van der Waals surface area (Å²) < 4.78 is 22.9. The van der Waals surface area contributed by atoms with E-state index in [0.29, 0.717) is 35.5 Å². The lowest BCUT2D eigenvalue weighted by atomic mass is 9.65. The minimum Gasteiger partial charge on any atom is -0.491 e. The molecule has 0 aliphatic carbocycles. The molecule has 2 fully saturated rings. The molecule has 63 heavy (non-hydrogen) atoms. The zero-order chi connectivity index (χ0) is 44.1. The molecule has 0 radical (unpaired) electrons. The molecule has 3 aliphatic heterocycles. The van der Waals surface area contributed by atoms with Gasteiger partial charge in [-0.05, 0) is 65.2 Å². The van der Waals surface area contributed by atoms with Crippen molar-refractivity contribution in [3.63, 3.8) is 0 Å². The fourth-order valence-electron chi connectivity index (χ4n) is 9.41. The Morgan fingerprint density at radius 1 is 0.825 bits per heavy atom. The maximum absolute atomic E-state index is 15.9. The summed E-state index contributed by atoms with van der Waals surface area (Å²) in [5, 5.41) is 9.49. The number of amides is 3.